The van der Waals surface area contributed by atoms with Crippen LogP contribution in [0.15, 0.2) is 0 Å². The van der Waals surface area contributed by atoms with Gasteiger partial charge >= 0.3 is 12.2 Å². The van der Waals surface area contributed by atoms with E-state index in [2.05, 4.69) is 34.6 Å². The van der Waals surface area contributed by atoms with Gasteiger partial charge in [-0.2, -0.15) is 0 Å². The molecule has 2 amide bonds. The van der Waals surface area contributed by atoms with Crippen LogP contribution in [0, 0.1) is 56.7 Å². The Kier molecular flexibility index (Phi) is 6.25. The van der Waals surface area contributed by atoms with Gasteiger partial charge in [-0.1, -0.05) is 48.5 Å². The number of hydrogen-bond acceptors (Lipinski definition) is 6. The molecule has 8 nitrogen and oxygen atoms in total. The second kappa shape index (κ2) is 8.75. The Hall–Kier alpha value is -1.54. The normalized spacial score (nSPS) is 52.7. The Morgan fingerprint density at radius 2 is 1.60 bits per heavy atom. The molecule has 1 saturated heterocycles. The third kappa shape index (κ3) is 3.38. The number of nitrogens with two attached hydrogens (primary N) is 2. The summed E-state index contributed by atoms with van der Waals surface area (Å²) in [7, 11) is 0. The maximum absolute atomic E-state index is 12.4. The minimum Gasteiger partial charge on any atom is -0.446 e. The molecule has 6 aliphatic rings. The first-order valence-electron chi connectivity index (χ1n) is 15.8. The van der Waals surface area contributed by atoms with Gasteiger partial charge in [-0.15, -0.1) is 0 Å². The van der Waals surface area contributed by atoms with E-state index in [1.165, 1.54) is 12.8 Å². The number of aliphatic hydroxyl groups is 1. The van der Waals surface area contributed by atoms with E-state index in [0.717, 1.165) is 38.5 Å². The van der Waals surface area contributed by atoms with Crippen molar-refractivity contribution in [3.05, 3.63) is 0 Å². The van der Waals surface area contributed by atoms with Crippen molar-refractivity contribution in [1.82, 2.24) is 0 Å². The molecule has 226 valence electrons. The van der Waals surface area contributed by atoms with Gasteiger partial charge < -0.3 is 30.8 Å². The maximum atomic E-state index is 12.4. The first kappa shape index (κ1) is 28.6. The molecule has 8 heteroatoms. The Morgan fingerprint density at radius 1 is 0.950 bits per heavy atom. The zero-order valence-electron chi connectivity index (χ0n) is 25.6. The lowest BCUT2D eigenvalue weighted by Gasteiger charge is -2.63. The smallest absolute Gasteiger partial charge is 0.404 e. The van der Waals surface area contributed by atoms with Gasteiger partial charge in [0.05, 0.1) is 18.3 Å². The van der Waals surface area contributed by atoms with Crippen molar-refractivity contribution in [2.75, 3.05) is 0 Å². The second-order valence-corrected chi connectivity index (χ2v) is 16.1. The number of amides is 2. The van der Waals surface area contributed by atoms with Gasteiger partial charge in [-0.25, -0.2) is 9.59 Å². The van der Waals surface area contributed by atoms with E-state index in [0.29, 0.717) is 17.8 Å². The molecule has 5 aliphatic carbocycles. The molecule has 0 aromatic heterocycles. The van der Waals surface area contributed by atoms with Crippen molar-refractivity contribution in [2.24, 2.45) is 68.1 Å². The van der Waals surface area contributed by atoms with Crippen LogP contribution in [-0.4, -0.2) is 47.8 Å². The molecule has 0 radical (unpaired) electrons. The van der Waals surface area contributed by atoms with E-state index in [1.807, 2.05) is 13.8 Å². The van der Waals surface area contributed by atoms with Crippen LogP contribution >= 0.6 is 0 Å². The summed E-state index contributed by atoms with van der Waals surface area (Å²) >= 11 is 0. The van der Waals surface area contributed by atoms with Crippen LogP contribution in [0.25, 0.3) is 0 Å². The lowest BCUT2D eigenvalue weighted by Crippen LogP contribution is -2.60. The van der Waals surface area contributed by atoms with E-state index in [9.17, 15) is 14.7 Å². The Morgan fingerprint density at radius 3 is 2.23 bits per heavy atom. The summed E-state index contributed by atoms with van der Waals surface area (Å²) in [4.78, 5) is 23.4. The van der Waals surface area contributed by atoms with Crippen molar-refractivity contribution in [2.45, 2.75) is 130 Å². The molecule has 13 atom stereocenters. The highest BCUT2D eigenvalue weighted by Crippen LogP contribution is 2.89. The zero-order valence-corrected chi connectivity index (χ0v) is 25.6. The van der Waals surface area contributed by atoms with Crippen LogP contribution in [0.2, 0.25) is 0 Å². The quantitative estimate of drug-likeness (QED) is 0.422. The molecule has 6 fully saturated rings. The second-order valence-electron chi connectivity index (χ2n) is 16.1. The maximum Gasteiger partial charge on any atom is 0.404 e. The summed E-state index contributed by atoms with van der Waals surface area (Å²) in [6.45, 7) is 15.7. The van der Waals surface area contributed by atoms with Gasteiger partial charge in [0.15, 0.2) is 0 Å². The summed E-state index contributed by atoms with van der Waals surface area (Å²) in [5.41, 5.74) is 11.0. The van der Waals surface area contributed by atoms with Crippen LogP contribution in [0.3, 0.4) is 0 Å². The first-order chi connectivity index (χ1) is 18.6. The van der Waals surface area contributed by atoms with E-state index in [-0.39, 0.29) is 57.2 Å². The van der Waals surface area contributed by atoms with E-state index < -0.39 is 24.4 Å². The van der Waals surface area contributed by atoms with E-state index in [4.69, 9.17) is 25.7 Å². The Labute approximate surface area is 239 Å². The molecular formula is C32H52N2O6. The number of fused-ring (bicyclic) bond motifs is 4. The topological polar surface area (TPSA) is 134 Å². The van der Waals surface area contributed by atoms with Crippen LogP contribution in [0.5, 0.6) is 0 Å². The van der Waals surface area contributed by atoms with Crippen LogP contribution in [0.1, 0.15) is 99.8 Å². The Balaban J connectivity index is 1.32. The van der Waals surface area contributed by atoms with Crippen LogP contribution in [-0.2, 0) is 14.2 Å². The minimum atomic E-state index is -0.770. The monoisotopic (exact) mass is 560 g/mol. The predicted molar refractivity (Wildman–Crippen MR) is 150 cm³/mol. The highest BCUT2D eigenvalue weighted by molar-refractivity contribution is 5.65. The van der Waals surface area contributed by atoms with Crippen molar-refractivity contribution in [3.63, 3.8) is 0 Å². The summed E-state index contributed by atoms with van der Waals surface area (Å²) < 4.78 is 18.0. The van der Waals surface area contributed by atoms with Crippen LogP contribution in [0.4, 0.5) is 9.59 Å². The number of carbonyl (C=O) groups excluding carboxylic acids is 2. The van der Waals surface area contributed by atoms with Crippen molar-refractivity contribution in [1.29, 1.82) is 0 Å². The highest BCUT2D eigenvalue weighted by atomic mass is 16.6. The van der Waals surface area contributed by atoms with Crippen molar-refractivity contribution >= 4 is 12.2 Å². The Bertz CT molecular complexity index is 1080. The third-order valence-electron chi connectivity index (χ3n) is 14.3. The van der Waals surface area contributed by atoms with Gasteiger partial charge in [-0.05, 0) is 97.2 Å². The van der Waals surface area contributed by atoms with Crippen molar-refractivity contribution in [3.8, 4) is 0 Å². The summed E-state index contributed by atoms with van der Waals surface area (Å²) in [5.74, 6) is 1.57. The largest absolute Gasteiger partial charge is 0.446 e. The summed E-state index contributed by atoms with van der Waals surface area (Å²) in [5, 5.41) is 12.4. The third-order valence-corrected chi connectivity index (χ3v) is 14.3. The molecule has 1 aliphatic heterocycles. The molecule has 0 aromatic carbocycles. The highest BCUT2D eigenvalue weighted by Gasteiger charge is 2.84. The minimum absolute atomic E-state index is 0.0341. The van der Waals surface area contributed by atoms with Gasteiger partial charge in [0.25, 0.3) is 0 Å². The number of hydrogen-bond donors (Lipinski definition) is 3. The molecule has 1 heterocycles. The first-order valence-corrected chi connectivity index (χ1v) is 15.8. The molecule has 0 bridgehead atoms. The van der Waals surface area contributed by atoms with Crippen molar-refractivity contribution < 1.29 is 28.9 Å². The molecule has 0 aromatic rings. The summed E-state index contributed by atoms with van der Waals surface area (Å²) in [6.07, 6.45) is 5.29. The lowest BCUT2D eigenvalue weighted by molar-refractivity contribution is -0.184. The number of rotatable bonds is 4. The van der Waals surface area contributed by atoms with Gasteiger partial charge in [-0.3, -0.25) is 0 Å². The number of primary amides is 2. The fraction of sp³-hybridized carbons (Fsp3) is 0.938. The van der Waals surface area contributed by atoms with Gasteiger partial charge in [0.2, 0.25) is 0 Å². The molecule has 6 rings (SSSR count). The van der Waals surface area contributed by atoms with E-state index >= 15 is 0 Å². The molecule has 40 heavy (non-hydrogen) atoms. The molecule has 0 unspecified atom stereocenters. The predicted octanol–water partition coefficient (Wildman–Crippen LogP) is 5.38. The standard InChI is InChI=1S/C32H52N2O6/c1-16(2)23(40-27(34)37)18-14-17(3)22-24(38-18)25(35)30(7)20-9-8-19-28(4,5)21(39-26(33)36)10-11-31(19)15-32(20,31)13-12-29(22,30)6/h16-25,35H,8-15H2,1-7H3,(H2,33,36)(H2,34,37)/t17-,18-,19+,20+,21+,22+,23-,24+,25+,29-,30-,31-,32+/m1/s1. The van der Waals surface area contributed by atoms with Crippen LogP contribution < -0.4 is 11.5 Å². The molecule has 2 spiro atoms. The SMILES string of the molecule is CC(C)[C@@H](OC(N)=O)[C@H]1C[C@@H](C)[C@H]2[C@H](O1)[C@H](O)[C@@]1(C)[C@@H]3CC[C@H]4C(C)(C)[C@@H](OC(N)=O)CC[C@@]45C[C@@]35CC[C@]21C. The van der Waals surface area contributed by atoms with Gasteiger partial charge in [0.1, 0.15) is 12.2 Å². The zero-order chi connectivity index (χ0) is 29.2. The molecular weight excluding hydrogens is 508 g/mol. The molecule has 5 N–H and O–H groups in total. The van der Waals surface area contributed by atoms with Gasteiger partial charge in [0, 0.05) is 10.8 Å². The number of aliphatic hydroxyl groups excluding tert-OH is 1. The van der Waals surface area contributed by atoms with E-state index in [1.54, 1.807) is 0 Å². The fourth-order valence-corrected chi connectivity index (χ4v) is 12.7. The summed E-state index contributed by atoms with van der Waals surface area (Å²) in [6, 6.07) is 0. The number of ether oxygens (including phenoxy) is 3. The average Bonchev–Trinajstić information content (AvgIpc) is 3.48. The fourth-order valence-electron chi connectivity index (χ4n) is 12.7. The average molecular weight is 561 g/mol. The molecule has 5 saturated carbocycles. The lowest BCUT2D eigenvalue weighted by atomic mass is 9.41. The number of carbonyl (C=O) groups is 2.